The van der Waals surface area contributed by atoms with E-state index in [1.807, 2.05) is 60.8 Å². The number of anilines is 2. The zero-order valence-corrected chi connectivity index (χ0v) is 16.4. The Morgan fingerprint density at radius 3 is 2.76 bits per heavy atom. The fraction of sp³-hybridized carbons (Fsp3) is 0.0870. The lowest BCUT2D eigenvalue weighted by Gasteiger charge is -2.08. The van der Waals surface area contributed by atoms with E-state index in [-0.39, 0.29) is 5.91 Å². The molecule has 3 heterocycles. The van der Waals surface area contributed by atoms with Crippen LogP contribution in [0.1, 0.15) is 21.8 Å². The standard InChI is InChI=1S/C23H18N4OS/c24-20-17-10-11-18(15-7-4-12-25-13-15)27-23(17)29-21(20)22(28)26-19-9-3-6-14-5-1-2-8-16(14)19/h1-3,5-11,13H,4,12,24H2,(H,26,28). The molecule has 5 nitrogen and oxygen atoms in total. The van der Waals surface area contributed by atoms with Gasteiger partial charge in [0.2, 0.25) is 0 Å². The van der Waals surface area contributed by atoms with Crippen molar-refractivity contribution in [2.75, 3.05) is 17.6 Å². The Morgan fingerprint density at radius 2 is 1.90 bits per heavy atom. The summed E-state index contributed by atoms with van der Waals surface area (Å²) in [4.78, 5) is 23.3. The molecular formula is C23H18N4OS. The highest BCUT2D eigenvalue weighted by Crippen LogP contribution is 2.34. The predicted molar refractivity (Wildman–Crippen MR) is 122 cm³/mol. The van der Waals surface area contributed by atoms with Gasteiger partial charge in [-0.2, -0.15) is 0 Å². The average Bonchev–Trinajstić information content (AvgIpc) is 3.11. The quantitative estimate of drug-likeness (QED) is 0.501. The Morgan fingerprint density at radius 1 is 1.03 bits per heavy atom. The van der Waals surface area contributed by atoms with E-state index in [1.165, 1.54) is 11.3 Å². The minimum atomic E-state index is -0.221. The molecule has 142 valence electrons. The first-order valence-corrected chi connectivity index (χ1v) is 10.2. The van der Waals surface area contributed by atoms with Crippen LogP contribution in [-0.2, 0) is 0 Å². The number of benzene rings is 2. The number of nitrogen functional groups attached to an aromatic ring is 1. The average molecular weight is 398 g/mol. The van der Waals surface area contributed by atoms with Gasteiger partial charge < -0.3 is 11.1 Å². The molecule has 1 aliphatic rings. The van der Waals surface area contributed by atoms with Crippen LogP contribution in [0.3, 0.4) is 0 Å². The SMILES string of the molecule is Nc1c(C(=O)Nc2cccc3ccccc23)sc2nc(C3=CCCN=C3)ccc12. The second-order valence-corrected chi connectivity index (χ2v) is 7.86. The van der Waals surface area contributed by atoms with Gasteiger partial charge in [-0.25, -0.2) is 4.98 Å². The van der Waals surface area contributed by atoms with Gasteiger partial charge in [-0.15, -0.1) is 11.3 Å². The van der Waals surface area contributed by atoms with Crippen molar-refractivity contribution in [3.05, 3.63) is 71.2 Å². The number of nitrogens with two attached hydrogens (primary N) is 1. The molecule has 0 unspecified atom stereocenters. The molecule has 3 N–H and O–H groups in total. The first kappa shape index (κ1) is 17.6. The van der Waals surface area contributed by atoms with Gasteiger partial charge >= 0.3 is 0 Å². The predicted octanol–water partition coefficient (Wildman–Crippen LogP) is 5.14. The zero-order chi connectivity index (χ0) is 19.8. The number of allylic oxidation sites excluding steroid dienone is 1. The molecule has 29 heavy (non-hydrogen) atoms. The van der Waals surface area contributed by atoms with E-state index in [9.17, 15) is 4.79 Å². The van der Waals surface area contributed by atoms with Crippen LogP contribution in [0, 0.1) is 0 Å². The number of amides is 1. The third-order valence-corrected chi connectivity index (χ3v) is 6.10. The van der Waals surface area contributed by atoms with E-state index in [0.29, 0.717) is 10.6 Å². The summed E-state index contributed by atoms with van der Waals surface area (Å²) in [5.74, 6) is -0.221. The van der Waals surface area contributed by atoms with Crippen molar-refractivity contribution >= 4 is 61.4 Å². The number of dihydropyridines is 1. The molecule has 2 aromatic carbocycles. The van der Waals surface area contributed by atoms with Crippen molar-refractivity contribution in [1.29, 1.82) is 0 Å². The zero-order valence-electron chi connectivity index (χ0n) is 15.6. The van der Waals surface area contributed by atoms with E-state index in [4.69, 9.17) is 10.7 Å². The molecule has 4 aromatic rings. The number of nitrogens with zero attached hydrogens (tertiary/aromatic N) is 2. The summed E-state index contributed by atoms with van der Waals surface area (Å²) in [6.07, 6.45) is 4.89. The number of pyridine rings is 1. The summed E-state index contributed by atoms with van der Waals surface area (Å²) in [6, 6.07) is 17.7. The topological polar surface area (TPSA) is 80.4 Å². The molecule has 0 fully saturated rings. The lowest BCUT2D eigenvalue weighted by molar-refractivity contribution is 0.103. The van der Waals surface area contributed by atoms with Gasteiger partial charge in [0.1, 0.15) is 9.71 Å². The Bertz CT molecular complexity index is 1310. The molecule has 1 amide bonds. The van der Waals surface area contributed by atoms with Gasteiger partial charge in [-0.05, 0) is 30.0 Å². The lowest BCUT2D eigenvalue weighted by atomic mass is 10.1. The van der Waals surface area contributed by atoms with Crippen LogP contribution >= 0.6 is 11.3 Å². The number of hydrogen-bond acceptors (Lipinski definition) is 5. The van der Waals surface area contributed by atoms with Crippen LogP contribution < -0.4 is 11.1 Å². The van der Waals surface area contributed by atoms with E-state index in [2.05, 4.69) is 16.4 Å². The lowest BCUT2D eigenvalue weighted by Crippen LogP contribution is -2.12. The molecule has 0 aliphatic carbocycles. The van der Waals surface area contributed by atoms with E-state index in [1.54, 1.807) is 0 Å². The Balaban J connectivity index is 1.51. The fourth-order valence-corrected chi connectivity index (χ4v) is 4.51. The van der Waals surface area contributed by atoms with Crippen molar-refractivity contribution < 1.29 is 4.79 Å². The summed E-state index contributed by atoms with van der Waals surface area (Å²) >= 11 is 1.31. The highest BCUT2D eigenvalue weighted by Gasteiger charge is 2.19. The van der Waals surface area contributed by atoms with Crippen LogP contribution in [0.2, 0.25) is 0 Å². The molecule has 0 spiro atoms. The summed E-state index contributed by atoms with van der Waals surface area (Å²) in [6.45, 7) is 0.816. The third-order valence-electron chi connectivity index (χ3n) is 4.99. The molecule has 6 heteroatoms. The number of carbonyl (C=O) groups excluding carboxylic acids is 1. The van der Waals surface area contributed by atoms with Crippen molar-refractivity contribution in [3.8, 4) is 0 Å². The maximum atomic E-state index is 13.0. The second kappa shape index (κ2) is 7.14. The van der Waals surface area contributed by atoms with Gasteiger partial charge in [0.05, 0.1) is 11.4 Å². The van der Waals surface area contributed by atoms with Gasteiger partial charge in [0, 0.05) is 34.8 Å². The summed E-state index contributed by atoms with van der Waals surface area (Å²) in [7, 11) is 0. The fourth-order valence-electron chi connectivity index (χ4n) is 3.52. The number of rotatable bonds is 3. The summed E-state index contributed by atoms with van der Waals surface area (Å²) in [5.41, 5.74) is 9.39. The normalized spacial score (nSPS) is 13.6. The van der Waals surface area contributed by atoms with Gasteiger partial charge in [-0.3, -0.25) is 9.79 Å². The number of thiophene rings is 1. The van der Waals surface area contributed by atoms with E-state index < -0.39 is 0 Å². The molecular weight excluding hydrogens is 380 g/mol. The van der Waals surface area contributed by atoms with Crippen LogP contribution in [0.5, 0.6) is 0 Å². The second-order valence-electron chi connectivity index (χ2n) is 6.86. The molecule has 2 aromatic heterocycles. The van der Waals surface area contributed by atoms with Gasteiger partial charge in [0.25, 0.3) is 5.91 Å². The maximum absolute atomic E-state index is 13.0. The molecule has 0 saturated carbocycles. The molecule has 5 rings (SSSR count). The number of fused-ring (bicyclic) bond motifs is 2. The molecule has 1 aliphatic heterocycles. The van der Waals surface area contributed by atoms with Gasteiger partial charge in [0.15, 0.2) is 0 Å². The van der Waals surface area contributed by atoms with Gasteiger partial charge in [-0.1, -0.05) is 42.5 Å². The van der Waals surface area contributed by atoms with Crippen molar-refractivity contribution in [1.82, 2.24) is 4.98 Å². The number of aliphatic imine (C=N–C) groups is 1. The smallest absolute Gasteiger partial charge is 0.267 e. The maximum Gasteiger partial charge on any atom is 0.267 e. The van der Waals surface area contributed by atoms with Crippen molar-refractivity contribution in [2.24, 2.45) is 4.99 Å². The highest BCUT2D eigenvalue weighted by molar-refractivity contribution is 7.21. The Labute approximate surface area is 171 Å². The minimum Gasteiger partial charge on any atom is -0.397 e. The minimum absolute atomic E-state index is 0.221. The summed E-state index contributed by atoms with van der Waals surface area (Å²) < 4.78 is 0. The van der Waals surface area contributed by atoms with Crippen molar-refractivity contribution in [3.63, 3.8) is 0 Å². The van der Waals surface area contributed by atoms with Crippen LogP contribution in [-0.4, -0.2) is 23.7 Å². The first-order chi connectivity index (χ1) is 14.2. The molecule has 0 atom stereocenters. The molecule has 0 saturated heterocycles. The molecule has 0 radical (unpaired) electrons. The van der Waals surface area contributed by atoms with Crippen LogP contribution in [0.25, 0.3) is 26.6 Å². The number of nitrogens with one attached hydrogen (secondary N) is 1. The number of carbonyl (C=O) groups is 1. The van der Waals surface area contributed by atoms with E-state index >= 15 is 0 Å². The monoisotopic (exact) mass is 398 g/mol. The summed E-state index contributed by atoms with van der Waals surface area (Å²) in [5, 5.41) is 5.88. The Hall–Kier alpha value is -3.51. The van der Waals surface area contributed by atoms with Crippen LogP contribution in [0.4, 0.5) is 11.4 Å². The highest BCUT2D eigenvalue weighted by atomic mass is 32.1. The first-order valence-electron chi connectivity index (χ1n) is 9.39. The number of aromatic nitrogens is 1. The third kappa shape index (κ3) is 3.17. The van der Waals surface area contributed by atoms with Crippen LogP contribution in [0.15, 0.2) is 65.7 Å². The number of hydrogen-bond donors (Lipinski definition) is 2. The van der Waals surface area contributed by atoms with Crippen molar-refractivity contribution in [2.45, 2.75) is 6.42 Å². The molecule has 0 bridgehead atoms. The largest absolute Gasteiger partial charge is 0.397 e. The van der Waals surface area contributed by atoms with E-state index in [0.717, 1.165) is 50.9 Å². The Kier molecular flexibility index (Phi) is 4.33.